The van der Waals surface area contributed by atoms with Gasteiger partial charge in [0.25, 0.3) is 5.79 Å². The molecule has 3 rings (SSSR count). The molecule has 0 bridgehead atoms. The quantitative estimate of drug-likeness (QED) is 0.844. The molecule has 1 aromatic heterocycles. The lowest BCUT2D eigenvalue weighted by Crippen LogP contribution is -2.47. The molecule has 138 valence electrons. The van der Waals surface area contributed by atoms with Gasteiger partial charge in [0.05, 0.1) is 13.2 Å². The second-order valence-corrected chi connectivity index (χ2v) is 6.55. The van der Waals surface area contributed by atoms with Crippen LogP contribution < -0.4 is 0 Å². The van der Waals surface area contributed by atoms with Gasteiger partial charge >= 0.3 is 5.97 Å². The Balaban J connectivity index is 1.51. The number of hydrogen-bond acceptors (Lipinski definition) is 5. The van der Waals surface area contributed by atoms with E-state index < -0.39 is 11.8 Å². The van der Waals surface area contributed by atoms with E-state index in [4.69, 9.17) is 19.0 Å². The Morgan fingerprint density at radius 1 is 1.31 bits per heavy atom. The lowest BCUT2D eigenvalue weighted by Gasteiger charge is -2.34. The number of aromatic nitrogens is 1. The number of hydrogen-bond donors (Lipinski definition) is 1. The number of nitrogens with zero attached hydrogens (tertiary/aromatic N) is 1. The molecule has 0 radical (unpaired) electrons. The van der Waals surface area contributed by atoms with Crippen LogP contribution in [0.1, 0.15) is 31.2 Å². The van der Waals surface area contributed by atoms with Crippen molar-refractivity contribution in [2.45, 2.75) is 32.5 Å². The zero-order valence-corrected chi connectivity index (χ0v) is 15.0. The SMILES string of the molecule is Cc1oc(-c2ccccc2)nc1/C=C/CCC1COC(C)(C(=O)O)OC1. The van der Waals surface area contributed by atoms with Crippen molar-refractivity contribution < 1.29 is 23.8 Å². The normalized spacial score (nSPS) is 23.4. The third-order valence-corrected chi connectivity index (χ3v) is 4.45. The molecule has 2 aromatic rings. The average molecular weight is 357 g/mol. The van der Waals surface area contributed by atoms with Crippen LogP contribution in [0, 0.1) is 12.8 Å². The number of aliphatic carboxylic acids is 1. The maximum absolute atomic E-state index is 11.1. The summed E-state index contributed by atoms with van der Waals surface area (Å²) in [5, 5.41) is 9.06. The second kappa shape index (κ2) is 7.85. The molecule has 1 aliphatic rings. The molecule has 26 heavy (non-hydrogen) atoms. The highest BCUT2D eigenvalue weighted by atomic mass is 16.7. The Labute approximate surface area is 152 Å². The predicted octanol–water partition coefficient (Wildman–Crippen LogP) is 3.91. The standard InChI is InChI=1S/C20H23NO5/c1-14-17(21-18(26-14)16-9-4-3-5-10-16)11-7-6-8-15-12-24-20(2,19(22)23)25-13-15/h3-5,7,9-11,15H,6,8,12-13H2,1-2H3,(H,22,23)/b11-7+. The van der Waals surface area contributed by atoms with Crippen molar-refractivity contribution in [3.05, 3.63) is 47.9 Å². The van der Waals surface area contributed by atoms with Crippen LogP contribution in [0.2, 0.25) is 0 Å². The van der Waals surface area contributed by atoms with E-state index in [1.165, 1.54) is 6.92 Å². The van der Waals surface area contributed by atoms with Gasteiger partial charge in [0.15, 0.2) is 0 Å². The van der Waals surface area contributed by atoms with E-state index in [1.54, 1.807) is 0 Å². The fourth-order valence-electron chi connectivity index (χ4n) is 2.73. The Morgan fingerprint density at radius 2 is 2.00 bits per heavy atom. The molecule has 2 heterocycles. The summed E-state index contributed by atoms with van der Waals surface area (Å²) in [6.07, 6.45) is 5.69. The fourth-order valence-corrected chi connectivity index (χ4v) is 2.73. The second-order valence-electron chi connectivity index (χ2n) is 6.55. The Morgan fingerprint density at radius 3 is 2.65 bits per heavy atom. The molecule has 1 aliphatic heterocycles. The minimum absolute atomic E-state index is 0.186. The molecule has 6 nitrogen and oxygen atoms in total. The number of rotatable bonds is 6. The average Bonchev–Trinajstić information content (AvgIpc) is 3.02. The van der Waals surface area contributed by atoms with Gasteiger partial charge in [0.2, 0.25) is 5.89 Å². The molecule has 0 saturated carbocycles. The summed E-state index contributed by atoms with van der Waals surface area (Å²) in [5.41, 5.74) is 1.77. The molecule has 1 N–H and O–H groups in total. The number of ether oxygens (including phenoxy) is 2. The van der Waals surface area contributed by atoms with E-state index in [-0.39, 0.29) is 5.92 Å². The largest absolute Gasteiger partial charge is 0.477 e. The lowest BCUT2D eigenvalue weighted by molar-refractivity contribution is -0.270. The maximum Gasteiger partial charge on any atom is 0.364 e. The predicted molar refractivity (Wildman–Crippen MR) is 96.4 cm³/mol. The number of aryl methyl sites for hydroxylation is 1. The summed E-state index contributed by atoms with van der Waals surface area (Å²) in [5.74, 6) is -1.03. The molecule has 0 aliphatic carbocycles. The molecular formula is C20H23NO5. The molecule has 6 heteroatoms. The van der Waals surface area contributed by atoms with Gasteiger partial charge in [-0.1, -0.05) is 24.3 Å². The first-order valence-electron chi connectivity index (χ1n) is 8.68. The van der Waals surface area contributed by atoms with Gasteiger partial charge in [0.1, 0.15) is 11.5 Å². The molecule has 0 spiro atoms. The Bertz CT molecular complexity index is 773. The van der Waals surface area contributed by atoms with Crippen molar-refractivity contribution in [1.82, 2.24) is 4.98 Å². The molecular weight excluding hydrogens is 334 g/mol. The van der Waals surface area contributed by atoms with Gasteiger partial charge in [-0.2, -0.15) is 0 Å². The lowest BCUT2D eigenvalue weighted by atomic mass is 10.0. The van der Waals surface area contributed by atoms with Gasteiger partial charge in [-0.15, -0.1) is 0 Å². The number of allylic oxidation sites excluding steroid dienone is 1. The summed E-state index contributed by atoms with van der Waals surface area (Å²) in [6.45, 7) is 4.10. The fraction of sp³-hybridized carbons (Fsp3) is 0.400. The van der Waals surface area contributed by atoms with Crippen molar-refractivity contribution in [1.29, 1.82) is 0 Å². The van der Waals surface area contributed by atoms with Gasteiger partial charge in [-0.3, -0.25) is 0 Å². The van der Waals surface area contributed by atoms with Crippen LogP contribution in [0.5, 0.6) is 0 Å². The van der Waals surface area contributed by atoms with Gasteiger partial charge < -0.3 is 19.0 Å². The van der Waals surface area contributed by atoms with Crippen LogP contribution in [0.4, 0.5) is 0 Å². The summed E-state index contributed by atoms with van der Waals surface area (Å²) in [4.78, 5) is 15.6. The summed E-state index contributed by atoms with van der Waals surface area (Å²) in [7, 11) is 0. The van der Waals surface area contributed by atoms with Gasteiger partial charge in [-0.25, -0.2) is 9.78 Å². The van der Waals surface area contributed by atoms with E-state index in [0.29, 0.717) is 19.1 Å². The van der Waals surface area contributed by atoms with E-state index >= 15 is 0 Å². The van der Waals surface area contributed by atoms with Crippen LogP contribution in [0.3, 0.4) is 0 Å². The highest BCUT2D eigenvalue weighted by Gasteiger charge is 2.40. The Kier molecular flexibility index (Phi) is 5.54. The number of carboxylic acid groups (broad SMARTS) is 1. The van der Waals surface area contributed by atoms with Crippen molar-refractivity contribution in [3.63, 3.8) is 0 Å². The highest BCUT2D eigenvalue weighted by Crippen LogP contribution is 2.25. The summed E-state index contributed by atoms with van der Waals surface area (Å²) in [6, 6.07) is 9.79. The number of benzene rings is 1. The first-order valence-corrected chi connectivity index (χ1v) is 8.68. The zero-order chi connectivity index (χ0) is 18.6. The minimum atomic E-state index is -1.52. The molecule has 0 amide bonds. The summed E-state index contributed by atoms with van der Waals surface area (Å²) >= 11 is 0. The van der Waals surface area contributed by atoms with E-state index in [2.05, 4.69) is 4.98 Å². The van der Waals surface area contributed by atoms with Crippen LogP contribution >= 0.6 is 0 Å². The van der Waals surface area contributed by atoms with E-state index in [9.17, 15) is 4.79 Å². The third-order valence-electron chi connectivity index (χ3n) is 4.45. The van der Waals surface area contributed by atoms with E-state index in [0.717, 1.165) is 29.9 Å². The molecule has 0 unspecified atom stereocenters. The number of oxazole rings is 1. The van der Waals surface area contributed by atoms with Crippen LogP contribution in [0.25, 0.3) is 17.5 Å². The highest BCUT2D eigenvalue weighted by molar-refractivity contribution is 5.75. The minimum Gasteiger partial charge on any atom is -0.477 e. The van der Waals surface area contributed by atoms with Crippen LogP contribution in [-0.2, 0) is 14.3 Å². The smallest absolute Gasteiger partial charge is 0.364 e. The topological polar surface area (TPSA) is 81.8 Å². The zero-order valence-electron chi connectivity index (χ0n) is 15.0. The third kappa shape index (κ3) is 4.20. The molecule has 1 saturated heterocycles. The van der Waals surface area contributed by atoms with E-state index in [1.807, 2.05) is 49.4 Å². The first-order chi connectivity index (χ1) is 12.5. The number of carboxylic acids is 1. The maximum atomic E-state index is 11.1. The summed E-state index contributed by atoms with van der Waals surface area (Å²) < 4.78 is 16.4. The molecule has 0 atom stereocenters. The van der Waals surface area contributed by atoms with Crippen molar-refractivity contribution >= 4 is 12.0 Å². The molecule has 1 aromatic carbocycles. The van der Waals surface area contributed by atoms with Gasteiger partial charge in [-0.05, 0) is 38.0 Å². The first kappa shape index (κ1) is 18.4. The Hall–Kier alpha value is -2.44. The van der Waals surface area contributed by atoms with Crippen molar-refractivity contribution in [3.8, 4) is 11.5 Å². The monoisotopic (exact) mass is 357 g/mol. The van der Waals surface area contributed by atoms with Crippen LogP contribution in [-0.4, -0.2) is 35.1 Å². The van der Waals surface area contributed by atoms with Crippen molar-refractivity contribution in [2.24, 2.45) is 5.92 Å². The molecule has 1 fully saturated rings. The van der Waals surface area contributed by atoms with Gasteiger partial charge in [0, 0.05) is 18.4 Å². The van der Waals surface area contributed by atoms with Crippen LogP contribution in [0.15, 0.2) is 40.8 Å². The number of carbonyl (C=O) groups is 1. The van der Waals surface area contributed by atoms with Crippen molar-refractivity contribution in [2.75, 3.05) is 13.2 Å².